The summed E-state index contributed by atoms with van der Waals surface area (Å²) in [5, 5.41) is 9.46. The molecule has 0 bridgehead atoms. The van der Waals surface area contributed by atoms with Gasteiger partial charge in [0.05, 0.1) is 13.0 Å². The van der Waals surface area contributed by atoms with Crippen LogP contribution in [-0.2, 0) is 11.3 Å². The number of hydrogen-bond donors (Lipinski definition) is 3. The number of rotatable bonds is 6. The zero-order chi connectivity index (χ0) is 26.2. The molecule has 4 rings (SSSR count). The van der Waals surface area contributed by atoms with Gasteiger partial charge in [0.25, 0.3) is 0 Å². The highest BCUT2D eigenvalue weighted by Gasteiger charge is 2.34. The summed E-state index contributed by atoms with van der Waals surface area (Å²) < 4.78 is 71.2. The van der Waals surface area contributed by atoms with Gasteiger partial charge in [-0.25, -0.2) is 13.2 Å². The van der Waals surface area contributed by atoms with Crippen molar-refractivity contribution in [2.24, 2.45) is 0 Å². The Kier molecular flexibility index (Phi) is 7.33. The molecule has 0 aromatic heterocycles. The number of nitrogens with zero attached hydrogens (tertiary/aromatic N) is 1. The molecule has 0 fully saturated rings. The first kappa shape index (κ1) is 26.0. The maximum atomic E-state index is 14.0. The molecule has 1 aliphatic rings. The highest BCUT2D eigenvalue weighted by Crippen LogP contribution is 2.57. The van der Waals surface area contributed by atoms with Crippen molar-refractivity contribution in [3.8, 4) is 5.75 Å². The number of para-hydroxylation sites is 1. The molecule has 3 aromatic rings. The summed E-state index contributed by atoms with van der Waals surface area (Å²) in [7, 11) is -3.41. The quantitative estimate of drug-likeness (QED) is 0.329. The third-order valence-corrected chi connectivity index (χ3v) is 8.13. The van der Waals surface area contributed by atoms with Crippen LogP contribution in [0.3, 0.4) is 0 Å². The van der Waals surface area contributed by atoms with E-state index in [-0.39, 0.29) is 29.7 Å². The van der Waals surface area contributed by atoms with E-state index in [0.717, 1.165) is 17.7 Å². The van der Waals surface area contributed by atoms with Crippen molar-refractivity contribution < 1.29 is 36.9 Å². The van der Waals surface area contributed by atoms with Crippen molar-refractivity contribution in [1.29, 1.82) is 0 Å². The van der Waals surface area contributed by atoms with Crippen LogP contribution in [0.15, 0.2) is 59.5 Å². The summed E-state index contributed by atoms with van der Waals surface area (Å²) in [6.45, 7) is 3.93. The molecule has 192 valence electrons. The van der Waals surface area contributed by atoms with E-state index in [1.54, 1.807) is 42.5 Å². The van der Waals surface area contributed by atoms with Gasteiger partial charge in [0, 0.05) is 12.5 Å². The lowest BCUT2D eigenvalue weighted by atomic mass is 9.86. The van der Waals surface area contributed by atoms with Crippen LogP contribution in [0.4, 0.5) is 13.2 Å². The molecule has 2 atom stereocenters. The summed E-state index contributed by atoms with van der Waals surface area (Å²) in [5.74, 6) is -6.20. The Hall–Kier alpha value is -3.05. The van der Waals surface area contributed by atoms with Crippen molar-refractivity contribution in [2.75, 3.05) is 6.54 Å². The summed E-state index contributed by atoms with van der Waals surface area (Å²) in [6, 6.07) is 13.4. The highest BCUT2D eigenvalue weighted by atomic mass is 32.3. The van der Waals surface area contributed by atoms with Gasteiger partial charge in [-0.2, -0.15) is 4.31 Å². The van der Waals surface area contributed by atoms with Crippen molar-refractivity contribution in [1.82, 2.24) is 4.31 Å². The number of aliphatic carboxylic acids is 1. The lowest BCUT2D eigenvalue weighted by molar-refractivity contribution is -0.137. The first-order valence-electron chi connectivity index (χ1n) is 11.2. The standard InChI is InChI=1S/C26H26F3NO5S/c1-15-7-8-17(20(12-25(31)32)18-10-21(27)26(29)22(28)11-18)9-19(15)14-30-13-16(2)35-23-5-3-4-6-24(23)36(30,33)34/h3-11,16,20,33-34H,12-14H2,1-2H3,(H,31,32)/t16-,20?/m1/s1. The maximum Gasteiger partial charge on any atom is 0.304 e. The van der Waals surface area contributed by atoms with Gasteiger partial charge in [-0.15, -0.1) is 10.8 Å². The van der Waals surface area contributed by atoms with Crippen LogP contribution < -0.4 is 4.74 Å². The van der Waals surface area contributed by atoms with Crippen molar-refractivity contribution in [2.45, 2.75) is 43.7 Å². The Morgan fingerprint density at radius 3 is 2.42 bits per heavy atom. The fourth-order valence-electron chi connectivity index (χ4n) is 4.36. The van der Waals surface area contributed by atoms with Crippen molar-refractivity contribution in [3.63, 3.8) is 0 Å². The Morgan fingerprint density at radius 2 is 1.75 bits per heavy atom. The number of fused-ring (bicyclic) bond motifs is 1. The smallest absolute Gasteiger partial charge is 0.304 e. The highest BCUT2D eigenvalue weighted by molar-refractivity contribution is 8.22. The number of aryl methyl sites for hydroxylation is 1. The lowest BCUT2D eigenvalue weighted by Crippen LogP contribution is -2.33. The average Bonchev–Trinajstić information content (AvgIpc) is 2.90. The van der Waals surface area contributed by atoms with Gasteiger partial charge < -0.3 is 9.84 Å². The molecule has 1 heterocycles. The summed E-state index contributed by atoms with van der Waals surface area (Å²) in [4.78, 5) is 11.9. The molecular weight excluding hydrogens is 495 g/mol. The van der Waals surface area contributed by atoms with Gasteiger partial charge in [-0.3, -0.25) is 13.9 Å². The van der Waals surface area contributed by atoms with Crippen molar-refractivity contribution >= 4 is 16.7 Å². The van der Waals surface area contributed by atoms with Crippen LogP contribution in [0.1, 0.15) is 41.5 Å². The van der Waals surface area contributed by atoms with Crippen LogP contribution in [0.5, 0.6) is 5.75 Å². The van der Waals surface area contributed by atoms with Gasteiger partial charge in [0.2, 0.25) is 0 Å². The number of carbonyl (C=O) groups is 1. The summed E-state index contributed by atoms with van der Waals surface area (Å²) in [5.41, 5.74) is 1.89. The number of halogens is 3. The number of ether oxygens (including phenoxy) is 1. The molecular formula is C26H26F3NO5S. The van der Waals surface area contributed by atoms with Gasteiger partial charge in [0.15, 0.2) is 17.5 Å². The van der Waals surface area contributed by atoms with E-state index in [9.17, 15) is 32.2 Å². The molecule has 0 amide bonds. The summed E-state index contributed by atoms with van der Waals surface area (Å²) in [6.07, 6.45) is -0.835. The third kappa shape index (κ3) is 5.22. The predicted molar refractivity (Wildman–Crippen MR) is 130 cm³/mol. The van der Waals surface area contributed by atoms with Crippen LogP contribution in [0.2, 0.25) is 0 Å². The Morgan fingerprint density at radius 1 is 1.08 bits per heavy atom. The second-order valence-electron chi connectivity index (χ2n) is 8.85. The fraction of sp³-hybridized carbons (Fsp3) is 0.269. The van der Waals surface area contributed by atoms with E-state index < -0.39 is 46.5 Å². The minimum Gasteiger partial charge on any atom is -0.487 e. The average molecular weight is 522 g/mol. The molecule has 0 aliphatic carbocycles. The second-order valence-corrected chi connectivity index (χ2v) is 10.8. The molecule has 3 N–H and O–H groups in total. The number of benzene rings is 3. The van der Waals surface area contributed by atoms with Crippen LogP contribution in [-0.4, -0.2) is 37.1 Å². The molecule has 0 saturated carbocycles. The normalized spacial score (nSPS) is 19.0. The van der Waals surface area contributed by atoms with E-state index in [1.807, 2.05) is 13.8 Å². The fourth-order valence-corrected chi connectivity index (χ4v) is 6.02. The monoisotopic (exact) mass is 521 g/mol. The Bertz CT molecular complexity index is 1280. The summed E-state index contributed by atoms with van der Waals surface area (Å²) >= 11 is 0. The molecule has 0 saturated heterocycles. The van der Waals surface area contributed by atoms with Crippen LogP contribution in [0.25, 0.3) is 0 Å². The zero-order valence-corrected chi connectivity index (χ0v) is 20.4. The SMILES string of the molecule is Cc1ccc(C(CC(=O)O)c2cc(F)c(F)c(F)c2)cc1CN1C[C@@H](C)Oc2ccccc2S1(O)O. The van der Waals surface area contributed by atoms with E-state index in [1.165, 1.54) is 4.31 Å². The van der Waals surface area contributed by atoms with E-state index in [2.05, 4.69) is 0 Å². The first-order valence-corrected chi connectivity index (χ1v) is 12.7. The Labute approximate surface area is 208 Å². The van der Waals surface area contributed by atoms with Gasteiger partial charge in [0.1, 0.15) is 16.7 Å². The minimum atomic E-state index is -3.41. The van der Waals surface area contributed by atoms with Gasteiger partial charge >= 0.3 is 5.97 Å². The molecule has 36 heavy (non-hydrogen) atoms. The topological polar surface area (TPSA) is 90.2 Å². The molecule has 0 spiro atoms. The Balaban J connectivity index is 1.73. The zero-order valence-electron chi connectivity index (χ0n) is 19.6. The van der Waals surface area contributed by atoms with Crippen LogP contribution >= 0.6 is 10.8 Å². The van der Waals surface area contributed by atoms with E-state index in [0.29, 0.717) is 16.9 Å². The van der Waals surface area contributed by atoms with Gasteiger partial charge in [-0.05, 0) is 60.4 Å². The second kappa shape index (κ2) is 10.1. The largest absolute Gasteiger partial charge is 0.487 e. The molecule has 0 radical (unpaired) electrons. The van der Waals surface area contributed by atoms with E-state index >= 15 is 0 Å². The predicted octanol–water partition coefficient (Wildman–Crippen LogP) is 6.33. The molecule has 1 aliphatic heterocycles. The third-order valence-electron chi connectivity index (χ3n) is 6.20. The first-order chi connectivity index (χ1) is 17.0. The minimum absolute atomic E-state index is 0.0152. The molecule has 1 unspecified atom stereocenters. The van der Waals surface area contributed by atoms with E-state index in [4.69, 9.17) is 4.74 Å². The molecule has 6 nitrogen and oxygen atoms in total. The maximum absolute atomic E-state index is 14.0. The number of carboxylic acid groups (broad SMARTS) is 1. The van der Waals surface area contributed by atoms with Crippen LogP contribution in [0, 0.1) is 24.4 Å². The number of hydrogen-bond acceptors (Lipinski definition) is 5. The lowest BCUT2D eigenvalue weighted by Gasteiger charge is -2.42. The number of carboxylic acids is 1. The van der Waals surface area contributed by atoms with Crippen molar-refractivity contribution in [3.05, 3.63) is 94.3 Å². The van der Waals surface area contributed by atoms with Gasteiger partial charge in [-0.1, -0.05) is 30.3 Å². The molecule has 3 aromatic carbocycles. The molecule has 10 heteroatoms.